The van der Waals surface area contributed by atoms with Gasteiger partial charge in [0.15, 0.2) is 24.8 Å². The molecule has 0 spiro atoms. The van der Waals surface area contributed by atoms with Crippen molar-refractivity contribution in [2.75, 3.05) is 13.2 Å². The number of unbranched alkanes of at least 4 members (excludes halogenated alkanes) is 1. The van der Waals surface area contributed by atoms with Crippen LogP contribution < -0.4 is 0 Å². The van der Waals surface area contributed by atoms with Crippen LogP contribution in [0, 0.1) is 40.4 Å². The number of carbonyl (C=O) groups excluding carboxylic acids is 4. The number of ether oxygens (including phenoxy) is 2. The summed E-state index contributed by atoms with van der Waals surface area (Å²) >= 11 is 0. The van der Waals surface area contributed by atoms with E-state index in [4.69, 9.17) is 9.47 Å². The molecule has 57 heavy (non-hydrogen) atoms. The highest BCUT2D eigenvalue weighted by atomic mass is 16.6. The number of carbonyl (C=O) groups is 4. The van der Waals surface area contributed by atoms with E-state index in [0.717, 1.165) is 37.7 Å². The van der Waals surface area contributed by atoms with Crippen LogP contribution in [0.15, 0.2) is 77.9 Å². The Morgan fingerprint density at radius 1 is 0.930 bits per heavy atom. The number of esters is 2. The van der Waals surface area contributed by atoms with Gasteiger partial charge in [-0.15, -0.1) is 0 Å². The third kappa shape index (κ3) is 9.95. The van der Waals surface area contributed by atoms with Gasteiger partial charge in [-0.3, -0.25) is 14.4 Å². The van der Waals surface area contributed by atoms with Crippen molar-refractivity contribution in [1.82, 2.24) is 0 Å². The predicted molar refractivity (Wildman–Crippen MR) is 214 cm³/mol. The number of aliphatic hydroxyl groups excluding tert-OH is 4. The lowest BCUT2D eigenvalue weighted by atomic mass is 9.46. The second kappa shape index (κ2) is 18.9. The smallest absolute Gasteiger partial charge is 0.344 e. The average Bonchev–Trinajstić information content (AvgIpc) is 3.46. The Morgan fingerprint density at radius 2 is 1.70 bits per heavy atom. The molecule has 310 valence electrons. The van der Waals surface area contributed by atoms with E-state index in [1.54, 1.807) is 6.08 Å². The predicted octanol–water partition coefficient (Wildman–Crippen LogP) is 6.10. The first-order valence-corrected chi connectivity index (χ1v) is 21.2. The first-order chi connectivity index (χ1) is 27.3. The molecule has 0 aromatic heterocycles. The lowest BCUT2D eigenvalue weighted by Gasteiger charge is -2.58. The van der Waals surface area contributed by atoms with E-state index < -0.39 is 60.9 Å². The van der Waals surface area contributed by atoms with Crippen LogP contribution >= 0.6 is 0 Å². The molecule has 0 radical (unpaired) electrons. The summed E-state index contributed by atoms with van der Waals surface area (Å²) in [4.78, 5) is 50.7. The molecule has 10 heteroatoms. The van der Waals surface area contributed by atoms with E-state index in [2.05, 4.69) is 19.9 Å². The van der Waals surface area contributed by atoms with Gasteiger partial charge in [0.1, 0.15) is 0 Å². The van der Waals surface area contributed by atoms with Gasteiger partial charge < -0.3 is 29.9 Å². The molecule has 5 aliphatic rings. The highest BCUT2D eigenvalue weighted by molar-refractivity contribution is 5.92. The highest BCUT2D eigenvalue weighted by Crippen LogP contribution is 2.63. The minimum absolute atomic E-state index is 0.0882. The Hall–Kier alpha value is -3.70. The fourth-order valence-corrected chi connectivity index (χ4v) is 10.9. The number of aliphatic hydroxyl groups is 4. The number of Topliss-reactive ketones (excluding diaryl/α,β-unsaturated/α-hetero) is 1. The summed E-state index contributed by atoms with van der Waals surface area (Å²) in [5, 5.41) is 42.7. The maximum atomic E-state index is 13.6. The zero-order valence-corrected chi connectivity index (χ0v) is 33.6. The lowest BCUT2D eigenvalue weighted by Crippen LogP contribution is -2.55. The van der Waals surface area contributed by atoms with Crippen LogP contribution in [-0.4, -0.2) is 81.6 Å². The highest BCUT2D eigenvalue weighted by Gasteiger charge is 2.58. The summed E-state index contributed by atoms with van der Waals surface area (Å²) in [6.45, 7) is 3.26. The summed E-state index contributed by atoms with van der Waals surface area (Å²) in [6.07, 6.45) is 17.1. The van der Waals surface area contributed by atoms with Gasteiger partial charge in [-0.1, -0.05) is 85.7 Å². The van der Waals surface area contributed by atoms with Crippen LogP contribution in [-0.2, 0) is 35.1 Å². The SMILES string of the molecule is CC12CCC(=O)C=C1CC[C@@H]1C2=CCC2(C)[C@H]1CC[C@@H](O)[C@@H]2C(=O)COC(=O)COC(=O)CCC/C=C\C[C@@H]1[C@@H](/C=C/[C@@H](O)CCc2ccccc2)[C@H](O)C[C@@H]1O. The molecule has 2 unspecified atom stereocenters. The average molecular weight is 787 g/mol. The van der Waals surface area contributed by atoms with Crippen molar-refractivity contribution >= 4 is 23.5 Å². The quantitative estimate of drug-likeness (QED) is 0.0874. The van der Waals surface area contributed by atoms with Gasteiger partial charge in [0.05, 0.1) is 30.3 Å². The molecule has 0 bridgehead atoms. The van der Waals surface area contributed by atoms with E-state index in [0.29, 0.717) is 44.9 Å². The van der Waals surface area contributed by atoms with Crippen molar-refractivity contribution in [3.05, 3.63) is 83.5 Å². The summed E-state index contributed by atoms with van der Waals surface area (Å²) < 4.78 is 10.4. The van der Waals surface area contributed by atoms with Gasteiger partial charge in [0, 0.05) is 30.6 Å². The van der Waals surface area contributed by atoms with Gasteiger partial charge in [-0.2, -0.15) is 0 Å². The molecule has 0 saturated heterocycles. The number of hydrogen-bond donors (Lipinski definition) is 4. The maximum Gasteiger partial charge on any atom is 0.344 e. The maximum absolute atomic E-state index is 13.6. The molecule has 3 saturated carbocycles. The van der Waals surface area contributed by atoms with Gasteiger partial charge in [0.2, 0.25) is 0 Å². The van der Waals surface area contributed by atoms with Crippen molar-refractivity contribution in [3.63, 3.8) is 0 Å². The molecule has 10 nitrogen and oxygen atoms in total. The molecule has 4 N–H and O–H groups in total. The zero-order valence-electron chi connectivity index (χ0n) is 33.6. The molecule has 0 heterocycles. The Kier molecular flexibility index (Phi) is 14.2. The van der Waals surface area contributed by atoms with E-state index >= 15 is 0 Å². The van der Waals surface area contributed by atoms with Gasteiger partial charge >= 0.3 is 11.9 Å². The van der Waals surface area contributed by atoms with Crippen LogP contribution in [0.1, 0.15) is 103 Å². The molecule has 1 aromatic rings. The van der Waals surface area contributed by atoms with Crippen molar-refractivity contribution in [1.29, 1.82) is 0 Å². The van der Waals surface area contributed by atoms with Crippen LogP contribution in [0.2, 0.25) is 0 Å². The Labute approximate surface area is 337 Å². The number of benzene rings is 1. The Bertz CT molecular complexity index is 1730. The number of hydrogen-bond acceptors (Lipinski definition) is 10. The minimum atomic E-state index is -0.830. The molecule has 11 atom stereocenters. The summed E-state index contributed by atoms with van der Waals surface area (Å²) in [6, 6.07) is 9.94. The fourth-order valence-electron chi connectivity index (χ4n) is 10.9. The molecular weight excluding hydrogens is 725 g/mol. The molecular formula is C47H62O10. The summed E-state index contributed by atoms with van der Waals surface area (Å²) in [5.74, 6) is -2.14. The van der Waals surface area contributed by atoms with E-state index in [1.165, 1.54) is 11.1 Å². The third-order valence-corrected chi connectivity index (χ3v) is 14.1. The summed E-state index contributed by atoms with van der Waals surface area (Å²) in [5.41, 5.74) is 3.15. The van der Waals surface area contributed by atoms with Crippen molar-refractivity contribution < 1.29 is 49.1 Å². The second-order valence-corrected chi connectivity index (χ2v) is 17.7. The van der Waals surface area contributed by atoms with Crippen molar-refractivity contribution in [3.8, 4) is 0 Å². The standard InChI is InChI=1S/C47H62O10/c1-46-24-22-33(49)26-31(46)15-18-36-37-20-21-39(50)45(47(37,2)25-23-38(36)46)42(53)28-56-44(55)29-57-43(54)13-9-4-3-8-12-34-35(41(52)27-40(34)51)19-17-32(48)16-14-30-10-6-5-7-11-30/h3,5-8,10-11,17,19,23,26,32,34-37,39-41,45,48,50-52H,4,9,12-16,18,20-22,24-25,27-29H2,1-2H3/b8-3-,19-17+/t32-,34+,35+,36-,37-,39+,40-,41+,45+,46?,47?/m0/s1. The fraction of sp³-hybridized carbons (Fsp3) is 0.617. The van der Waals surface area contributed by atoms with Crippen molar-refractivity contribution in [2.45, 2.75) is 128 Å². The Morgan fingerprint density at radius 3 is 2.49 bits per heavy atom. The number of rotatable bonds is 16. The molecule has 5 aliphatic carbocycles. The van der Waals surface area contributed by atoms with Crippen molar-refractivity contribution in [2.24, 2.45) is 40.4 Å². The molecule has 0 aliphatic heterocycles. The van der Waals surface area contributed by atoms with Crippen LogP contribution in [0.25, 0.3) is 0 Å². The molecule has 1 aromatic carbocycles. The lowest BCUT2D eigenvalue weighted by molar-refractivity contribution is -0.164. The van der Waals surface area contributed by atoms with Gasteiger partial charge in [-0.05, 0) is 105 Å². The third-order valence-electron chi connectivity index (χ3n) is 14.1. The van der Waals surface area contributed by atoms with Gasteiger partial charge in [0.25, 0.3) is 0 Å². The number of aryl methyl sites for hydroxylation is 1. The van der Waals surface area contributed by atoms with E-state index in [9.17, 15) is 39.6 Å². The van der Waals surface area contributed by atoms with E-state index in [1.807, 2.05) is 54.6 Å². The van der Waals surface area contributed by atoms with Gasteiger partial charge in [-0.25, -0.2) is 4.79 Å². The molecule has 6 rings (SSSR count). The van der Waals surface area contributed by atoms with Crippen LogP contribution in [0.4, 0.5) is 0 Å². The zero-order chi connectivity index (χ0) is 40.7. The molecule has 0 amide bonds. The number of fused-ring (bicyclic) bond motifs is 5. The second-order valence-electron chi connectivity index (χ2n) is 17.7. The van der Waals surface area contributed by atoms with Crippen LogP contribution in [0.3, 0.4) is 0 Å². The van der Waals surface area contributed by atoms with E-state index in [-0.39, 0.29) is 53.5 Å². The first-order valence-electron chi connectivity index (χ1n) is 21.2. The Balaban J connectivity index is 0.897. The number of ketones is 2. The molecule has 3 fully saturated rings. The largest absolute Gasteiger partial charge is 0.455 e. The normalized spacial score (nSPS) is 34.2. The first kappa shape index (κ1) is 42.9. The number of allylic oxidation sites excluding steroid dienone is 6. The van der Waals surface area contributed by atoms with Crippen LogP contribution in [0.5, 0.6) is 0 Å². The summed E-state index contributed by atoms with van der Waals surface area (Å²) in [7, 11) is 0. The minimum Gasteiger partial charge on any atom is -0.455 e. The monoisotopic (exact) mass is 786 g/mol. The topological polar surface area (TPSA) is 168 Å².